The standard InChI is InChI=1S/C14H21N3O2/c1-10(11(2)15)14(19)17-9-13(18)16-8-12-6-4-3-5-7-12/h3-7,10-11H,8-9,15H2,1-2H3,(H,16,18)(H,17,19). The zero-order valence-corrected chi connectivity index (χ0v) is 11.3. The minimum Gasteiger partial charge on any atom is -0.350 e. The van der Waals surface area contributed by atoms with Gasteiger partial charge in [0.25, 0.3) is 0 Å². The molecule has 1 aromatic carbocycles. The first-order valence-corrected chi connectivity index (χ1v) is 6.34. The normalized spacial score (nSPS) is 13.4. The zero-order valence-electron chi connectivity index (χ0n) is 11.3. The molecule has 1 aromatic rings. The maximum absolute atomic E-state index is 11.6. The Bertz CT molecular complexity index is 418. The van der Waals surface area contributed by atoms with E-state index in [4.69, 9.17) is 5.73 Å². The highest BCUT2D eigenvalue weighted by molar-refractivity contribution is 5.85. The quantitative estimate of drug-likeness (QED) is 0.694. The predicted molar refractivity (Wildman–Crippen MR) is 74.1 cm³/mol. The molecule has 0 spiro atoms. The molecule has 0 saturated heterocycles. The van der Waals surface area contributed by atoms with Crippen LogP contribution in [-0.2, 0) is 16.1 Å². The molecule has 2 atom stereocenters. The molecule has 104 valence electrons. The number of carbonyl (C=O) groups is 2. The summed E-state index contributed by atoms with van der Waals surface area (Å²) in [4.78, 5) is 23.1. The van der Waals surface area contributed by atoms with Crippen molar-refractivity contribution < 1.29 is 9.59 Å². The molecule has 4 N–H and O–H groups in total. The fraction of sp³-hybridized carbons (Fsp3) is 0.429. The van der Waals surface area contributed by atoms with Crippen molar-refractivity contribution in [2.45, 2.75) is 26.4 Å². The van der Waals surface area contributed by atoms with Crippen LogP contribution < -0.4 is 16.4 Å². The number of hydrogen-bond donors (Lipinski definition) is 3. The SMILES string of the molecule is CC(N)C(C)C(=O)NCC(=O)NCc1ccccc1. The van der Waals surface area contributed by atoms with Crippen molar-refractivity contribution in [1.82, 2.24) is 10.6 Å². The molecule has 0 bridgehead atoms. The molecule has 0 heterocycles. The van der Waals surface area contributed by atoms with Gasteiger partial charge in [-0.25, -0.2) is 0 Å². The predicted octanol–water partition coefficient (Wildman–Crippen LogP) is 0.402. The lowest BCUT2D eigenvalue weighted by Crippen LogP contribution is -2.43. The van der Waals surface area contributed by atoms with Crippen molar-refractivity contribution in [2.24, 2.45) is 11.7 Å². The van der Waals surface area contributed by atoms with E-state index in [1.165, 1.54) is 0 Å². The lowest BCUT2D eigenvalue weighted by Gasteiger charge is -2.15. The van der Waals surface area contributed by atoms with Crippen LogP contribution in [0, 0.1) is 5.92 Å². The Balaban J connectivity index is 2.27. The Kier molecular flexibility index (Phi) is 6.02. The molecular formula is C14H21N3O2. The average molecular weight is 263 g/mol. The van der Waals surface area contributed by atoms with Gasteiger partial charge >= 0.3 is 0 Å². The first-order chi connectivity index (χ1) is 9.00. The summed E-state index contributed by atoms with van der Waals surface area (Å²) >= 11 is 0. The summed E-state index contributed by atoms with van der Waals surface area (Å²) in [5.74, 6) is -0.721. The van der Waals surface area contributed by atoms with Gasteiger partial charge in [0.05, 0.1) is 6.54 Å². The monoisotopic (exact) mass is 263 g/mol. The van der Waals surface area contributed by atoms with Gasteiger partial charge < -0.3 is 16.4 Å². The summed E-state index contributed by atoms with van der Waals surface area (Å²) in [5, 5.41) is 5.31. The molecule has 19 heavy (non-hydrogen) atoms. The van der Waals surface area contributed by atoms with E-state index in [9.17, 15) is 9.59 Å². The van der Waals surface area contributed by atoms with Gasteiger partial charge in [-0.1, -0.05) is 37.3 Å². The lowest BCUT2D eigenvalue weighted by atomic mass is 10.0. The van der Waals surface area contributed by atoms with Crippen LogP contribution in [0.15, 0.2) is 30.3 Å². The van der Waals surface area contributed by atoms with E-state index in [1.807, 2.05) is 30.3 Å². The average Bonchev–Trinajstić information content (AvgIpc) is 2.42. The Hall–Kier alpha value is -1.88. The number of rotatable bonds is 6. The second-order valence-corrected chi connectivity index (χ2v) is 4.63. The third-order valence-corrected chi connectivity index (χ3v) is 2.96. The number of benzene rings is 1. The third-order valence-electron chi connectivity index (χ3n) is 2.96. The van der Waals surface area contributed by atoms with Crippen LogP contribution >= 0.6 is 0 Å². The first kappa shape index (κ1) is 15.2. The van der Waals surface area contributed by atoms with E-state index in [0.717, 1.165) is 5.56 Å². The van der Waals surface area contributed by atoms with Crippen LogP contribution in [0.3, 0.4) is 0 Å². The Morgan fingerprint density at radius 2 is 1.79 bits per heavy atom. The molecule has 5 heteroatoms. The summed E-state index contributed by atoms with van der Waals surface area (Å²) in [6, 6.07) is 9.36. The minimum absolute atomic E-state index is 0.0251. The second-order valence-electron chi connectivity index (χ2n) is 4.63. The van der Waals surface area contributed by atoms with E-state index in [-0.39, 0.29) is 30.3 Å². The highest BCUT2D eigenvalue weighted by atomic mass is 16.2. The van der Waals surface area contributed by atoms with Crippen molar-refractivity contribution in [3.05, 3.63) is 35.9 Å². The van der Waals surface area contributed by atoms with E-state index >= 15 is 0 Å². The second kappa shape index (κ2) is 7.53. The topological polar surface area (TPSA) is 84.2 Å². The Morgan fingerprint density at radius 3 is 2.37 bits per heavy atom. The van der Waals surface area contributed by atoms with Gasteiger partial charge in [-0.3, -0.25) is 9.59 Å². The van der Waals surface area contributed by atoms with Crippen molar-refractivity contribution in [3.63, 3.8) is 0 Å². The van der Waals surface area contributed by atoms with Crippen LogP contribution in [0.25, 0.3) is 0 Å². The van der Waals surface area contributed by atoms with E-state index in [0.29, 0.717) is 6.54 Å². The number of hydrogen-bond acceptors (Lipinski definition) is 3. The Labute approximate surface area is 113 Å². The summed E-state index contributed by atoms with van der Waals surface area (Å²) in [5.41, 5.74) is 6.64. The number of amides is 2. The molecule has 0 aromatic heterocycles. The van der Waals surface area contributed by atoms with Crippen molar-refractivity contribution in [2.75, 3.05) is 6.54 Å². The van der Waals surface area contributed by atoms with Crippen molar-refractivity contribution in [3.8, 4) is 0 Å². The van der Waals surface area contributed by atoms with Crippen molar-refractivity contribution >= 4 is 11.8 Å². The van der Waals surface area contributed by atoms with Crippen molar-refractivity contribution in [1.29, 1.82) is 0 Å². The number of nitrogens with one attached hydrogen (secondary N) is 2. The smallest absolute Gasteiger partial charge is 0.239 e. The highest BCUT2D eigenvalue weighted by Crippen LogP contribution is 1.99. The van der Waals surface area contributed by atoms with E-state index < -0.39 is 0 Å². The maximum atomic E-state index is 11.6. The molecule has 2 amide bonds. The first-order valence-electron chi connectivity index (χ1n) is 6.34. The molecule has 0 saturated carbocycles. The highest BCUT2D eigenvalue weighted by Gasteiger charge is 2.17. The summed E-state index contributed by atoms with van der Waals surface area (Å²) in [6.45, 7) is 3.93. The summed E-state index contributed by atoms with van der Waals surface area (Å²) < 4.78 is 0. The van der Waals surface area contributed by atoms with E-state index in [2.05, 4.69) is 10.6 Å². The van der Waals surface area contributed by atoms with Crippen LogP contribution in [-0.4, -0.2) is 24.4 Å². The molecule has 5 nitrogen and oxygen atoms in total. The summed E-state index contributed by atoms with van der Waals surface area (Å²) in [7, 11) is 0. The molecule has 0 aliphatic rings. The molecule has 2 unspecified atom stereocenters. The number of nitrogens with two attached hydrogens (primary N) is 1. The third kappa shape index (κ3) is 5.52. The fourth-order valence-electron chi connectivity index (χ4n) is 1.43. The lowest BCUT2D eigenvalue weighted by molar-refractivity contribution is -0.128. The van der Waals surface area contributed by atoms with Gasteiger partial charge in [-0.2, -0.15) is 0 Å². The van der Waals surface area contributed by atoms with Gasteiger partial charge in [0.1, 0.15) is 0 Å². The zero-order chi connectivity index (χ0) is 14.3. The fourth-order valence-corrected chi connectivity index (χ4v) is 1.43. The summed E-state index contributed by atoms with van der Waals surface area (Å²) in [6.07, 6.45) is 0. The molecule has 0 fully saturated rings. The molecule has 1 rings (SSSR count). The Morgan fingerprint density at radius 1 is 1.16 bits per heavy atom. The van der Waals surface area contributed by atoms with Gasteiger partial charge in [-0.05, 0) is 12.5 Å². The van der Waals surface area contributed by atoms with Gasteiger partial charge in [0.15, 0.2) is 0 Å². The van der Waals surface area contributed by atoms with Crippen LogP contribution in [0.1, 0.15) is 19.4 Å². The molecule has 0 aliphatic carbocycles. The van der Waals surface area contributed by atoms with Gasteiger partial charge in [0.2, 0.25) is 11.8 Å². The maximum Gasteiger partial charge on any atom is 0.239 e. The largest absolute Gasteiger partial charge is 0.350 e. The molecule has 0 aliphatic heterocycles. The number of carbonyl (C=O) groups excluding carboxylic acids is 2. The van der Waals surface area contributed by atoms with Crippen LogP contribution in [0.5, 0.6) is 0 Å². The van der Waals surface area contributed by atoms with Gasteiger partial charge in [0, 0.05) is 18.5 Å². The van der Waals surface area contributed by atoms with Crippen LogP contribution in [0.2, 0.25) is 0 Å². The minimum atomic E-state index is -0.304. The molecular weight excluding hydrogens is 242 g/mol. The molecule has 0 radical (unpaired) electrons. The van der Waals surface area contributed by atoms with Crippen LogP contribution in [0.4, 0.5) is 0 Å². The van der Waals surface area contributed by atoms with E-state index in [1.54, 1.807) is 13.8 Å². The van der Waals surface area contributed by atoms with Gasteiger partial charge in [-0.15, -0.1) is 0 Å².